The Hall–Kier alpha value is -1.81. The molecule has 0 fully saturated rings. The molecular formula is C15H16ClNO3. The van der Waals surface area contributed by atoms with Crippen LogP contribution in [-0.2, 0) is 9.53 Å². The molecule has 0 spiro atoms. The molecule has 0 N–H and O–H groups in total. The quantitative estimate of drug-likeness (QED) is 0.491. The number of para-hydroxylation sites is 1. The van der Waals surface area contributed by atoms with Gasteiger partial charge in [0.25, 0.3) is 5.78 Å². The standard InChI is InChI=1S/C15H16ClNO3/c1-4-20-15(19)14(18)12-8-10-6-5-7-11(16)13(10)17(12)9(2)3/h5-9H,4H2,1-3H3. The predicted octanol–water partition coefficient (Wildman–Crippen LogP) is 3.62. The van der Waals surface area contributed by atoms with Gasteiger partial charge in [0, 0.05) is 11.4 Å². The van der Waals surface area contributed by atoms with Crippen LogP contribution in [0, 0.1) is 0 Å². The lowest BCUT2D eigenvalue weighted by Gasteiger charge is -2.14. The molecule has 5 heteroatoms. The van der Waals surface area contributed by atoms with Crippen LogP contribution < -0.4 is 0 Å². The first-order valence-corrected chi connectivity index (χ1v) is 6.86. The van der Waals surface area contributed by atoms with Crippen LogP contribution in [0.15, 0.2) is 24.3 Å². The zero-order chi connectivity index (χ0) is 14.9. The van der Waals surface area contributed by atoms with Gasteiger partial charge in [0.2, 0.25) is 0 Å². The highest BCUT2D eigenvalue weighted by Crippen LogP contribution is 2.30. The van der Waals surface area contributed by atoms with Gasteiger partial charge in [-0.05, 0) is 32.9 Å². The third-order valence-electron chi connectivity index (χ3n) is 3.02. The Morgan fingerprint density at radius 3 is 2.65 bits per heavy atom. The van der Waals surface area contributed by atoms with Crippen molar-refractivity contribution >= 4 is 34.3 Å². The average molecular weight is 294 g/mol. The smallest absolute Gasteiger partial charge is 0.381 e. The van der Waals surface area contributed by atoms with Crippen molar-refractivity contribution in [2.45, 2.75) is 26.8 Å². The molecule has 0 saturated carbocycles. The predicted molar refractivity (Wildman–Crippen MR) is 78.3 cm³/mol. The zero-order valence-corrected chi connectivity index (χ0v) is 12.4. The van der Waals surface area contributed by atoms with Crippen LogP contribution in [0.25, 0.3) is 10.9 Å². The summed E-state index contributed by atoms with van der Waals surface area (Å²) in [6.07, 6.45) is 0. The third-order valence-corrected chi connectivity index (χ3v) is 3.33. The van der Waals surface area contributed by atoms with Crippen LogP contribution in [0.5, 0.6) is 0 Å². The van der Waals surface area contributed by atoms with Crippen molar-refractivity contribution in [3.05, 3.63) is 35.0 Å². The Morgan fingerprint density at radius 2 is 2.05 bits per heavy atom. The van der Waals surface area contributed by atoms with Gasteiger partial charge in [0.1, 0.15) is 0 Å². The minimum atomic E-state index is -0.840. The molecular weight excluding hydrogens is 278 g/mol. The van der Waals surface area contributed by atoms with Crippen LogP contribution >= 0.6 is 11.6 Å². The number of benzene rings is 1. The summed E-state index contributed by atoms with van der Waals surface area (Å²) in [6, 6.07) is 7.12. The van der Waals surface area contributed by atoms with E-state index < -0.39 is 11.8 Å². The highest BCUT2D eigenvalue weighted by atomic mass is 35.5. The van der Waals surface area contributed by atoms with Gasteiger partial charge in [-0.15, -0.1) is 0 Å². The van der Waals surface area contributed by atoms with Gasteiger partial charge in [0.05, 0.1) is 22.8 Å². The molecule has 0 radical (unpaired) electrons. The number of aromatic nitrogens is 1. The number of ether oxygens (including phenoxy) is 1. The van der Waals surface area contributed by atoms with E-state index in [1.807, 2.05) is 26.0 Å². The first-order chi connectivity index (χ1) is 9.47. The van der Waals surface area contributed by atoms with Crippen LogP contribution in [0.4, 0.5) is 0 Å². The number of Topliss-reactive ketones (excluding diaryl/α,β-unsaturated/α-hetero) is 1. The van der Waals surface area contributed by atoms with E-state index in [0.717, 1.165) is 10.9 Å². The molecule has 1 aromatic carbocycles. The molecule has 0 unspecified atom stereocenters. The largest absolute Gasteiger partial charge is 0.460 e. The Balaban J connectivity index is 2.64. The summed E-state index contributed by atoms with van der Waals surface area (Å²) in [6.45, 7) is 5.71. The summed E-state index contributed by atoms with van der Waals surface area (Å²) in [5.74, 6) is -1.49. The van der Waals surface area contributed by atoms with Crippen molar-refractivity contribution in [2.75, 3.05) is 6.61 Å². The number of halogens is 1. The molecule has 20 heavy (non-hydrogen) atoms. The third kappa shape index (κ3) is 2.43. The maximum atomic E-state index is 12.2. The summed E-state index contributed by atoms with van der Waals surface area (Å²) in [5.41, 5.74) is 1.07. The van der Waals surface area contributed by atoms with E-state index >= 15 is 0 Å². The van der Waals surface area contributed by atoms with E-state index in [9.17, 15) is 9.59 Å². The SMILES string of the molecule is CCOC(=O)C(=O)c1cc2cccc(Cl)c2n1C(C)C. The van der Waals surface area contributed by atoms with Crippen molar-refractivity contribution in [1.29, 1.82) is 0 Å². The molecule has 0 atom stereocenters. The van der Waals surface area contributed by atoms with Crippen molar-refractivity contribution in [1.82, 2.24) is 4.57 Å². The lowest BCUT2D eigenvalue weighted by molar-refractivity contribution is -0.137. The summed E-state index contributed by atoms with van der Waals surface area (Å²) in [4.78, 5) is 23.9. The Kier molecular flexibility index (Phi) is 4.14. The fourth-order valence-electron chi connectivity index (χ4n) is 2.25. The molecule has 0 saturated heterocycles. The summed E-state index contributed by atoms with van der Waals surface area (Å²) in [5, 5.41) is 1.39. The van der Waals surface area contributed by atoms with Gasteiger partial charge in [-0.3, -0.25) is 4.79 Å². The minimum Gasteiger partial charge on any atom is -0.460 e. The molecule has 0 aliphatic carbocycles. The van der Waals surface area contributed by atoms with Crippen LogP contribution in [0.3, 0.4) is 0 Å². The second kappa shape index (κ2) is 5.67. The van der Waals surface area contributed by atoms with Gasteiger partial charge >= 0.3 is 5.97 Å². The fourth-order valence-corrected chi connectivity index (χ4v) is 2.53. The van der Waals surface area contributed by atoms with E-state index in [0.29, 0.717) is 10.7 Å². The highest BCUT2D eigenvalue weighted by molar-refractivity contribution is 6.41. The minimum absolute atomic E-state index is 0.000719. The number of nitrogens with zero attached hydrogens (tertiary/aromatic N) is 1. The molecule has 2 rings (SSSR count). The molecule has 1 aromatic heterocycles. The number of esters is 1. The topological polar surface area (TPSA) is 48.3 Å². The molecule has 1 heterocycles. The lowest BCUT2D eigenvalue weighted by atomic mass is 10.2. The number of carbonyl (C=O) groups excluding carboxylic acids is 2. The molecule has 0 bridgehead atoms. The number of carbonyl (C=O) groups is 2. The first kappa shape index (κ1) is 14.6. The second-order valence-corrected chi connectivity index (χ2v) is 5.13. The van der Waals surface area contributed by atoms with Crippen molar-refractivity contribution in [2.24, 2.45) is 0 Å². The first-order valence-electron chi connectivity index (χ1n) is 6.48. The van der Waals surface area contributed by atoms with Crippen LogP contribution in [0.2, 0.25) is 5.02 Å². The van der Waals surface area contributed by atoms with Crippen molar-refractivity contribution in [3.8, 4) is 0 Å². The average Bonchev–Trinajstić information content (AvgIpc) is 2.79. The Morgan fingerprint density at radius 1 is 1.35 bits per heavy atom. The maximum Gasteiger partial charge on any atom is 0.381 e. The van der Waals surface area contributed by atoms with Gasteiger partial charge in [-0.25, -0.2) is 4.79 Å². The van der Waals surface area contributed by atoms with Crippen LogP contribution in [0.1, 0.15) is 37.3 Å². The molecule has 106 valence electrons. The Labute approximate surface area is 122 Å². The van der Waals surface area contributed by atoms with E-state index in [1.165, 1.54) is 0 Å². The van der Waals surface area contributed by atoms with Crippen LogP contribution in [-0.4, -0.2) is 22.9 Å². The summed E-state index contributed by atoms with van der Waals surface area (Å²) < 4.78 is 6.56. The van der Waals surface area contributed by atoms with E-state index in [2.05, 4.69) is 0 Å². The monoisotopic (exact) mass is 293 g/mol. The molecule has 0 amide bonds. The summed E-state index contributed by atoms with van der Waals surface area (Å²) >= 11 is 6.22. The van der Waals surface area contributed by atoms with E-state index in [1.54, 1.807) is 23.6 Å². The molecule has 0 aliphatic rings. The Bertz CT molecular complexity index is 673. The molecule has 4 nitrogen and oxygen atoms in total. The number of fused-ring (bicyclic) bond motifs is 1. The number of hydrogen-bond acceptors (Lipinski definition) is 3. The number of hydrogen-bond donors (Lipinski definition) is 0. The van der Waals surface area contributed by atoms with Crippen molar-refractivity contribution < 1.29 is 14.3 Å². The molecule has 0 aliphatic heterocycles. The number of rotatable bonds is 4. The van der Waals surface area contributed by atoms with Crippen molar-refractivity contribution in [3.63, 3.8) is 0 Å². The van der Waals surface area contributed by atoms with Gasteiger partial charge < -0.3 is 9.30 Å². The van der Waals surface area contributed by atoms with E-state index in [4.69, 9.17) is 16.3 Å². The maximum absolute atomic E-state index is 12.2. The zero-order valence-electron chi connectivity index (χ0n) is 11.6. The van der Waals surface area contributed by atoms with Gasteiger partial charge in [-0.1, -0.05) is 23.7 Å². The second-order valence-electron chi connectivity index (χ2n) is 4.72. The normalized spacial score (nSPS) is 11.1. The fraction of sp³-hybridized carbons (Fsp3) is 0.333. The van der Waals surface area contributed by atoms with Gasteiger partial charge in [0.15, 0.2) is 0 Å². The van der Waals surface area contributed by atoms with E-state index in [-0.39, 0.29) is 12.6 Å². The molecule has 2 aromatic rings. The summed E-state index contributed by atoms with van der Waals surface area (Å²) in [7, 11) is 0. The van der Waals surface area contributed by atoms with Gasteiger partial charge in [-0.2, -0.15) is 0 Å². The number of ketones is 1. The lowest BCUT2D eigenvalue weighted by Crippen LogP contribution is -2.21. The highest BCUT2D eigenvalue weighted by Gasteiger charge is 2.25.